The lowest BCUT2D eigenvalue weighted by atomic mass is 10.2. The van der Waals surface area contributed by atoms with Crippen LogP contribution in [0.4, 0.5) is 11.5 Å². The first-order valence-electron chi connectivity index (χ1n) is 8.50. The fraction of sp³-hybridized carbons (Fsp3) is 0.143. The van der Waals surface area contributed by atoms with Crippen LogP contribution in [0.15, 0.2) is 54.6 Å². The summed E-state index contributed by atoms with van der Waals surface area (Å²) in [6.45, 7) is 2.08. The van der Waals surface area contributed by atoms with Crippen molar-refractivity contribution in [2.75, 3.05) is 19.5 Å². The van der Waals surface area contributed by atoms with Gasteiger partial charge < -0.3 is 14.8 Å². The maximum Gasteiger partial charge on any atom is 0.163 e. The smallest absolute Gasteiger partial charge is 0.163 e. The molecular formula is C21H19N3O2S. The number of aromatic nitrogens is 2. The van der Waals surface area contributed by atoms with E-state index in [0.717, 1.165) is 27.3 Å². The number of hydrogen-bond donors (Lipinski definition) is 1. The highest BCUT2D eigenvalue weighted by Crippen LogP contribution is 2.35. The number of aryl methyl sites for hydroxylation is 1. The van der Waals surface area contributed by atoms with Crippen LogP contribution in [0.2, 0.25) is 0 Å². The van der Waals surface area contributed by atoms with Crippen molar-refractivity contribution >= 4 is 33.1 Å². The lowest BCUT2D eigenvalue weighted by Gasteiger charge is -2.12. The first kappa shape index (κ1) is 17.3. The lowest BCUT2D eigenvalue weighted by molar-refractivity contribution is 0.355. The van der Waals surface area contributed by atoms with Crippen LogP contribution < -0.4 is 14.8 Å². The number of hydrogen-bond acceptors (Lipinski definition) is 6. The molecule has 136 valence electrons. The van der Waals surface area contributed by atoms with Crippen LogP contribution in [0, 0.1) is 6.92 Å². The van der Waals surface area contributed by atoms with Crippen molar-refractivity contribution in [2.24, 2.45) is 0 Å². The zero-order chi connectivity index (χ0) is 18.8. The Kier molecular flexibility index (Phi) is 4.64. The molecule has 0 spiro atoms. The molecule has 2 aromatic heterocycles. The quantitative estimate of drug-likeness (QED) is 0.503. The van der Waals surface area contributed by atoms with Crippen LogP contribution in [0.25, 0.3) is 21.6 Å². The van der Waals surface area contributed by atoms with Gasteiger partial charge >= 0.3 is 0 Å². The van der Waals surface area contributed by atoms with E-state index < -0.39 is 0 Å². The molecule has 2 aromatic carbocycles. The van der Waals surface area contributed by atoms with Crippen molar-refractivity contribution in [3.8, 4) is 22.9 Å². The molecule has 0 saturated heterocycles. The van der Waals surface area contributed by atoms with E-state index in [0.29, 0.717) is 17.3 Å². The summed E-state index contributed by atoms with van der Waals surface area (Å²) in [6, 6.07) is 17.8. The van der Waals surface area contributed by atoms with Crippen LogP contribution >= 0.6 is 11.3 Å². The van der Waals surface area contributed by atoms with E-state index >= 15 is 0 Å². The number of thiophene rings is 1. The van der Waals surface area contributed by atoms with Crippen molar-refractivity contribution in [3.05, 3.63) is 59.5 Å². The van der Waals surface area contributed by atoms with Gasteiger partial charge in [0.15, 0.2) is 17.3 Å². The standard InChI is InChI=1S/C21H19N3O2S/c1-13-11-16-20(22-15-9-10-17(25-2)18(12-15)26-3)23-19(24-21(16)27-13)14-7-5-4-6-8-14/h4-12H,1-3H3,(H,22,23,24). The summed E-state index contributed by atoms with van der Waals surface area (Å²) in [5, 5.41) is 4.42. The summed E-state index contributed by atoms with van der Waals surface area (Å²) < 4.78 is 10.7. The third-order valence-corrected chi connectivity index (χ3v) is 5.14. The van der Waals surface area contributed by atoms with E-state index in [9.17, 15) is 0 Å². The third-order valence-electron chi connectivity index (χ3n) is 4.19. The van der Waals surface area contributed by atoms with Gasteiger partial charge in [-0.15, -0.1) is 11.3 Å². The topological polar surface area (TPSA) is 56.3 Å². The van der Waals surface area contributed by atoms with Crippen LogP contribution in [0.3, 0.4) is 0 Å². The van der Waals surface area contributed by atoms with Crippen molar-refractivity contribution in [1.82, 2.24) is 9.97 Å². The lowest BCUT2D eigenvalue weighted by Crippen LogP contribution is -1.99. The fourth-order valence-electron chi connectivity index (χ4n) is 2.90. The van der Waals surface area contributed by atoms with Gasteiger partial charge in [0.05, 0.1) is 19.6 Å². The van der Waals surface area contributed by atoms with Gasteiger partial charge in [-0.2, -0.15) is 0 Å². The highest BCUT2D eigenvalue weighted by molar-refractivity contribution is 7.18. The van der Waals surface area contributed by atoms with E-state index in [1.165, 1.54) is 4.88 Å². The van der Waals surface area contributed by atoms with E-state index in [2.05, 4.69) is 18.3 Å². The molecule has 0 amide bonds. The molecule has 5 nitrogen and oxygen atoms in total. The molecule has 1 N–H and O–H groups in total. The van der Waals surface area contributed by atoms with Crippen molar-refractivity contribution in [2.45, 2.75) is 6.92 Å². The number of nitrogens with one attached hydrogen (secondary N) is 1. The van der Waals surface area contributed by atoms with E-state index in [1.807, 2.05) is 48.5 Å². The number of rotatable bonds is 5. The molecule has 2 heterocycles. The van der Waals surface area contributed by atoms with Gasteiger partial charge in [0, 0.05) is 22.2 Å². The van der Waals surface area contributed by atoms with Gasteiger partial charge in [0.2, 0.25) is 0 Å². The largest absolute Gasteiger partial charge is 0.493 e. The summed E-state index contributed by atoms with van der Waals surface area (Å²) >= 11 is 1.66. The van der Waals surface area contributed by atoms with Crippen LogP contribution in [-0.2, 0) is 0 Å². The second kappa shape index (κ2) is 7.25. The first-order valence-corrected chi connectivity index (χ1v) is 9.32. The molecule has 0 unspecified atom stereocenters. The van der Waals surface area contributed by atoms with Gasteiger partial charge in [-0.3, -0.25) is 0 Å². The number of ether oxygens (including phenoxy) is 2. The van der Waals surface area contributed by atoms with Crippen LogP contribution in [-0.4, -0.2) is 24.2 Å². The van der Waals surface area contributed by atoms with Gasteiger partial charge in [-0.1, -0.05) is 30.3 Å². The molecule has 4 rings (SSSR count). The number of fused-ring (bicyclic) bond motifs is 1. The minimum absolute atomic E-state index is 0.664. The molecule has 0 bridgehead atoms. The second-order valence-electron chi connectivity index (χ2n) is 6.03. The van der Waals surface area contributed by atoms with Gasteiger partial charge in [-0.05, 0) is 25.1 Å². The van der Waals surface area contributed by atoms with Crippen molar-refractivity contribution < 1.29 is 9.47 Å². The molecule has 0 aliphatic rings. The summed E-state index contributed by atoms with van der Waals surface area (Å²) in [5.41, 5.74) is 1.86. The fourth-order valence-corrected chi connectivity index (χ4v) is 3.78. The number of nitrogens with zero attached hydrogens (tertiary/aromatic N) is 2. The minimum atomic E-state index is 0.664. The van der Waals surface area contributed by atoms with Crippen LogP contribution in [0.5, 0.6) is 11.5 Å². The highest BCUT2D eigenvalue weighted by atomic mass is 32.1. The molecule has 4 aromatic rings. The molecule has 0 radical (unpaired) electrons. The van der Waals surface area contributed by atoms with E-state index in [-0.39, 0.29) is 0 Å². The Labute approximate surface area is 161 Å². The van der Waals surface area contributed by atoms with E-state index in [4.69, 9.17) is 19.4 Å². The summed E-state index contributed by atoms with van der Waals surface area (Å²) in [7, 11) is 3.25. The average Bonchev–Trinajstić information content (AvgIpc) is 3.09. The zero-order valence-electron chi connectivity index (χ0n) is 15.3. The Bertz CT molecular complexity index is 1090. The normalized spacial score (nSPS) is 10.8. The summed E-state index contributed by atoms with van der Waals surface area (Å²) in [6.07, 6.45) is 0. The monoisotopic (exact) mass is 377 g/mol. The Morgan fingerprint density at radius 2 is 1.67 bits per heavy atom. The molecular weight excluding hydrogens is 358 g/mol. The van der Waals surface area contributed by atoms with Crippen LogP contribution in [0.1, 0.15) is 4.88 Å². The molecule has 0 atom stereocenters. The van der Waals surface area contributed by atoms with Gasteiger partial charge in [0.1, 0.15) is 10.6 Å². The number of methoxy groups -OCH3 is 2. The maximum atomic E-state index is 5.40. The average molecular weight is 377 g/mol. The van der Waals surface area contributed by atoms with Crippen molar-refractivity contribution in [3.63, 3.8) is 0 Å². The highest BCUT2D eigenvalue weighted by Gasteiger charge is 2.13. The summed E-state index contributed by atoms with van der Waals surface area (Å²) in [5.74, 6) is 2.83. The Morgan fingerprint density at radius 1 is 0.889 bits per heavy atom. The molecule has 0 aliphatic heterocycles. The predicted octanol–water partition coefficient (Wildman–Crippen LogP) is 5.43. The second-order valence-corrected chi connectivity index (χ2v) is 7.27. The third kappa shape index (κ3) is 3.44. The van der Waals surface area contributed by atoms with Gasteiger partial charge in [0.25, 0.3) is 0 Å². The Balaban J connectivity index is 1.81. The molecule has 0 saturated carbocycles. The zero-order valence-corrected chi connectivity index (χ0v) is 16.1. The minimum Gasteiger partial charge on any atom is -0.493 e. The first-order chi connectivity index (χ1) is 13.2. The molecule has 0 aliphatic carbocycles. The Hall–Kier alpha value is -3.12. The van der Waals surface area contributed by atoms with E-state index in [1.54, 1.807) is 25.6 Å². The summed E-state index contributed by atoms with van der Waals surface area (Å²) in [4.78, 5) is 11.7. The predicted molar refractivity (Wildman–Crippen MR) is 110 cm³/mol. The number of anilines is 2. The molecule has 27 heavy (non-hydrogen) atoms. The maximum absolute atomic E-state index is 5.40. The number of benzene rings is 2. The molecule has 6 heteroatoms. The van der Waals surface area contributed by atoms with Gasteiger partial charge in [-0.25, -0.2) is 9.97 Å². The Morgan fingerprint density at radius 3 is 2.41 bits per heavy atom. The van der Waals surface area contributed by atoms with Crippen molar-refractivity contribution in [1.29, 1.82) is 0 Å². The molecule has 0 fully saturated rings. The SMILES string of the molecule is COc1ccc(Nc2nc(-c3ccccc3)nc3sc(C)cc23)cc1OC.